The minimum Gasteiger partial charge on any atom is -0.351 e. The Bertz CT molecular complexity index is 298. The molecular formula is C7H12N4OS. The predicted molar refractivity (Wildman–Crippen MR) is 53.0 cm³/mol. The van der Waals surface area contributed by atoms with E-state index < -0.39 is 6.03 Å². The van der Waals surface area contributed by atoms with Crippen molar-refractivity contribution in [1.29, 1.82) is 0 Å². The first kappa shape index (κ1) is 9.91. The summed E-state index contributed by atoms with van der Waals surface area (Å²) in [5, 5.41) is 0.936. The smallest absolute Gasteiger partial charge is 0.321 e. The fourth-order valence-electron chi connectivity index (χ4n) is 0.798. The van der Waals surface area contributed by atoms with Crippen LogP contribution in [0, 0.1) is 0 Å². The van der Waals surface area contributed by atoms with Gasteiger partial charge in [-0.25, -0.2) is 9.78 Å². The summed E-state index contributed by atoms with van der Waals surface area (Å²) in [6, 6.07) is -0.526. The van der Waals surface area contributed by atoms with E-state index in [0.29, 0.717) is 5.95 Å². The van der Waals surface area contributed by atoms with E-state index in [4.69, 9.17) is 5.73 Å². The van der Waals surface area contributed by atoms with Crippen molar-refractivity contribution in [1.82, 2.24) is 9.97 Å². The van der Waals surface area contributed by atoms with E-state index >= 15 is 0 Å². The van der Waals surface area contributed by atoms with Gasteiger partial charge < -0.3 is 10.7 Å². The molecule has 13 heavy (non-hydrogen) atoms. The second-order valence-electron chi connectivity index (χ2n) is 2.40. The molecular weight excluding hydrogens is 188 g/mol. The second kappa shape index (κ2) is 4.18. The maximum atomic E-state index is 10.7. The number of primary amides is 1. The minimum absolute atomic E-state index is 0.475. The molecule has 0 bridgehead atoms. The number of aromatic nitrogens is 2. The third kappa shape index (κ3) is 2.38. The van der Waals surface area contributed by atoms with Crippen LogP contribution in [-0.4, -0.2) is 28.8 Å². The number of nitrogens with two attached hydrogens (primary N) is 1. The van der Waals surface area contributed by atoms with Crippen LogP contribution in [0.5, 0.6) is 0 Å². The maximum absolute atomic E-state index is 10.7. The Hall–Kier alpha value is -1.17. The van der Waals surface area contributed by atoms with Crippen LogP contribution < -0.4 is 10.6 Å². The van der Waals surface area contributed by atoms with Crippen LogP contribution in [0.2, 0.25) is 0 Å². The predicted octanol–water partition coefficient (Wildman–Crippen LogP) is 1.04. The summed E-state index contributed by atoms with van der Waals surface area (Å²) in [4.78, 5) is 19.0. The van der Waals surface area contributed by atoms with Crippen LogP contribution in [0.15, 0.2) is 11.2 Å². The number of carbonyl (C=O) groups is 1. The number of nitrogens with zero attached hydrogens (tertiary/aromatic N) is 2. The number of hydrogen-bond acceptors (Lipinski definition) is 3. The van der Waals surface area contributed by atoms with Crippen molar-refractivity contribution in [2.75, 3.05) is 17.7 Å². The van der Waals surface area contributed by atoms with Gasteiger partial charge in [0.25, 0.3) is 0 Å². The number of aromatic amines is 1. The van der Waals surface area contributed by atoms with Gasteiger partial charge >= 0.3 is 6.03 Å². The van der Waals surface area contributed by atoms with Gasteiger partial charge in [-0.3, -0.25) is 4.90 Å². The van der Waals surface area contributed by atoms with Gasteiger partial charge in [-0.05, 0) is 5.75 Å². The minimum atomic E-state index is -0.526. The number of amides is 2. The molecule has 1 rings (SSSR count). The molecule has 6 heteroatoms. The molecule has 3 N–H and O–H groups in total. The van der Waals surface area contributed by atoms with Crippen LogP contribution in [0.4, 0.5) is 10.7 Å². The normalized spacial score (nSPS) is 10.0. The first-order chi connectivity index (χ1) is 6.15. The molecule has 0 saturated heterocycles. The zero-order chi connectivity index (χ0) is 9.84. The Labute approximate surface area is 80.7 Å². The van der Waals surface area contributed by atoms with E-state index in [-0.39, 0.29) is 0 Å². The zero-order valence-electron chi connectivity index (χ0n) is 7.57. The number of nitrogens with one attached hydrogen (secondary N) is 1. The molecule has 0 aromatic carbocycles. The van der Waals surface area contributed by atoms with Gasteiger partial charge in [0.15, 0.2) is 0 Å². The monoisotopic (exact) mass is 200 g/mol. The molecule has 0 aliphatic rings. The number of urea groups is 1. The molecule has 2 amide bonds. The fraction of sp³-hybridized carbons (Fsp3) is 0.429. The molecule has 1 aromatic rings. The van der Waals surface area contributed by atoms with Gasteiger partial charge in [-0.1, -0.05) is 6.92 Å². The van der Waals surface area contributed by atoms with E-state index in [1.54, 1.807) is 25.0 Å². The summed E-state index contributed by atoms with van der Waals surface area (Å²) < 4.78 is 0. The lowest BCUT2D eigenvalue weighted by Crippen LogP contribution is -2.32. The number of rotatable bonds is 3. The second-order valence-corrected chi connectivity index (χ2v) is 3.71. The van der Waals surface area contributed by atoms with Gasteiger partial charge in [0.05, 0.1) is 11.2 Å². The third-order valence-electron chi connectivity index (χ3n) is 1.49. The highest BCUT2D eigenvalue weighted by molar-refractivity contribution is 7.99. The Morgan fingerprint density at radius 3 is 3.08 bits per heavy atom. The van der Waals surface area contributed by atoms with E-state index in [9.17, 15) is 4.79 Å². The fourth-order valence-corrected chi connectivity index (χ4v) is 1.40. The van der Waals surface area contributed by atoms with Crippen LogP contribution in [0.25, 0.3) is 0 Å². The Balaban J connectivity index is 2.73. The number of anilines is 1. The highest BCUT2D eigenvalue weighted by atomic mass is 32.2. The lowest BCUT2D eigenvalue weighted by atomic mass is 10.8. The molecule has 72 valence electrons. The van der Waals surface area contributed by atoms with Crippen LogP contribution in [0.3, 0.4) is 0 Å². The van der Waals surface area contributed by atoms with Crippen LogP contribution in [0.1, 0.15) is 6.92 Å². The Kier molecular flexibility index (Phi) is 3.18. The SMILES string of the molecule is CCSc1cnc(N(C)C(N)=O)[nH]1. The molecule has 0 saturated carbocycles. The van der Waals surface area contributed by atoms with Crippen molar-refractivity contribution in [2.45, 2.75) is 11.9 Å². The maximum Gasteiger partial charge on any atom is 0.321 e. The van der Waals surface area contributed by atoms with Crippen LogP contribution in [-0.2, 0) is 0 Å². The molecule has 5 nitrogen and oxygen atoms in total. The van der Waals surface area contributed by atoms with E-state index in [1.807, 2.05) is 6.92 Å². The molecule has 0 aliphatic carbocycles. The number of carbonyl (C=O) groups excluding carboxylic acids is 1. The molecule has 1 heterocycles. The first-order valence-electron chi connectivity index (χ1n) is 3.86. The van der Waals surface area contributed by atoms with E-state index in [0.717, 1.165) is 10.8 Å². The first-order valence-corrected chi connectivity index (χ1v) is 4.84. The van der Waals surface area contributed by atoms with E-state index in [2.05, 4.69) is 9.97 Å². The lowest BCUT2D eigenvalue weighted by molar-refractivity contribution is 0.255. The summed E-state index contributed by atoms with van der Waals surface area (Å²) in [7, 11) is 1.57. The average molecular weight is 200 g/mol. The van der Waals surface area contributed by atoms with Gasteiger partial charge in [-0.15, -0.1) is 11.8 Å². The molecule has 0 radical (unpaired) electrons. The summed E-state index contributed by atoms with van der Waals surface area (Å²) >= 11 is 1.63. The third-order valence-corrected chi connectivity index (χ3v) is 2.29. The number of H-pyrrole nitrogens is 1. The molecule has 0 fully saturated rings. The standard InChI is InChI=1S/C7H12N4OS/c1-3-13-5-4-9-7(10-5)11(2)6(8)12/h4H,3H2,1-2H3,(H2,8,12)(H,9,10). The van der Waals surface area contributed by atoms with Crippen molar-refractivity contribution < 1.29 is 4.79 Å². The summed E-state index contributed by atoms with van der Waals surface area (Å²) in [5.74, 6) is 1.44. The van der Waals surface area contributed by atoms with Crippen LogP contribution >= 0.6 is 11.8 Å². The average Bonchev–Trinajstić information content (AvgIpc) is 2.52. The zero-order valence-corrected chi connectivity index (χ0v) is 8.39. The molecule has 0 aliphatic heterocycles. The molecule has 0 atom stereocenters. The van der Waals surface area contributed by atoms with Crippen molar-refractivity contribution in [3.63, 3.8) is 0 Å². The Morgan fingerprint density at radius 2 is 2.54 bits per heavy atom. The molecule has 1 aromatic heterocycles. The van der Waals surface area contributed by atoms with Crippen molar-refractivity contribution in [2.24, 2.45) is 5.73 Å². The number of imidazole rings is 1. The van der Waals surface area contributed by atoms with Gasteiger partial charge in [0, 0.05) is 7.05 Å². The summed E-state index contributed by atoms with van der Waals surface area (Å²) in [5.41, 5.74) is 5.07. The van der Waals surface area contributed by atoms with Gasteiger partial charge in [0.1, 0.15) is 0 Å². The quantitative estimate of drug-likeness (QED) is 0.716. The van der Waals surface area contributed by atoms with Crippen molar-refractivity contribution >= 4 is 23.7 Å². The number of hydrogen-bond donors (Lipinski definition) is 2. The molecule has 0 unspecified atom stereocenters. The van der Waals surface area contributed by atoms with Crippen molar-refractivity contribution in [3.8, 4) is 0 Å². The van der Waals surface area contributed by atoms with Gasteiger partial charge in [-0.2, -0.15) is 0 Å². The summed E-state index contributed by atoms with van der Waals surface area (Å²) in [6.07, 6.45) is 1.68. The lowest BCUT2D eigenvalue weighted by Gasteiger charge is -2.08. The topological polar surface area (TPSA) is 75.0 Å². The highest BCUT2D eigenvalue weighted by Crippen LogP contribution is 2.17. The molecule has 0 spiro atoms. The van der Waals surface area contributed by atoms with E-state index in [1.165, 1.54) is 4.90 Å². The van der Waals surface area contributed by atoms with Crippen molar-refractivity contribution in [3.05, 3.63) is 6.20 Å². The number of thioether (sulfide) groups is 1. The highest BCUT2D eigenvalue weighted by Gasteiger charge is 2.09. The summed E-state index contributed by atoms with van der Waals surface area (Å²) in [6.45, 7) is 2.04. The largest absolute Gasteiger partial charge is 0.351 e. The van der Waals surface area contributed by atoms with Gasteiger partial charge in [0.2, 0.25) is 5.95 Å². The Morgan fingerprint density at radius 1 is 1.85 bits per heavy atom.